The second-order valence-corrected chi connectivity index (χ2v) is 5.54. The molecule has 1 heterocycles. The van der Waals surface area contributed by atoms with Crippen LogP contribution in [0.2, 0.25) is 0 Å². The molecule has 2 aromatic rings. The van der Waals surface area contributed by atoms with E-state index in [4.69, 9.17) is 5.10 Å². The van der Waals surface area contributed by atoms with Gasteiger partial charge in [-0.15, -0.1) is 0 Å². The minimum Gasteiger partial charge on any atom is -0.316 e. The minimum absolute atomic E-state index is 0.480. The van der Waals surface area contributed by atoms with Crippen molar-refractivity contribution >= 4 is 0 Å². The Morgan fingerprint density at radius 2 is 2.00 bits per heavy atom. The third-order valence-corrected chi connectivity index (χ3v) is 3.79. The van der Waals surface area contributed by atoms with Gasteiger partial charge in [-0.3, -0.25) is 0 Å². The van der Waals surface area contributed by atoms with E-state index in [1.54, 1.807) is 0 Å². The van der Waals surface area contributed by atoms with Gasteiger partial charge in [0.25, 0.3) is 0 Å². The van der Waals surface area contributed by atoms with Crippen LogP contribution >= 0.6 is 0 Å². The van der Waals surface area contributed by atoms with Crippen LogP contribution < -0.4 is 5.32 Å². The summed E-state index contributed by atoms with van der Waals surface area (Å²) in [4.78, 5) is 0. The third-order valence-electron chi connectivity index (χ3n) is 3.79. The fraction of sp³-hybridized carbons (Fsp3) is 0.471. The first-order chi connectivity index (χ1) is 9.54. The van der Waals surface area contributed by atoms with Gasteiger partial charge in [0.15, 0.2) is 0 Å². The quantitative estimate of drug-likeness (QED) is 0.902. The molecule has 0 saturated carbocycles. The van der Waals surface area contributed by atoms with Crippen molar-refractivity contribution in [1.82, 2.24) is 15.1 Å². The van der Waals surface area contributed by atoms with Crippen LogP contribution in [0.3, 0.4) is 0 Å². The molecular weight excluding hydrogens is 246 g/mol. The van der Waals surface area contributed by atoms with E-state index in [0.29, 0.717) is 5.92 Å². The maximum atomic E-state index is 4.74. The zero-order chi connectivity index (χ0) is 14.7. The first-order valence-corrected chi connectivity index (χ1v) is 7.38. The highest BCUT2D eigenvalue weighted by Gasteiger charge is 2.17. The van der Waals surface area contributed by atoms with E-state index in [1.807, 2.05) is 0 Å². The maximum Gasteiger partial charge on any atom is 0.0651 e. The van der Waals surface area contributed by atoms with Crippen molar-refractivity contribution in [3.8, 4) is 5.69 Å². The van der Waals surface area contributed by atoms with E-state index in [-0.39, 0.29) is 0 Å². The number of hydrogen-bond acceptors (Lipinski definition) is 2. The summed E-state index contributed by atoms with van der Waals surface area (Å²) < 4.78 is 2.07. The lowest BCUT2D eigenvalue weighted by Crippen LogP contribution is -2.20. The van der Waals surface area contributed by atoms with Crippen LogP contribution in [0.5, 0.6) is 0 Å². The van der Waals surface area contributed by atoms with Crippen molar-refractivity contribution in [1.29, 1.82) is 0 Å². The molecule has 1 aromatic carbocycles. The Balaban J connectivity index is 2.38. The number of nitrogens with one attached hydrogen (secondary N) is 1. The lowest BCUT2D eigenvalue weighted by Gasteiger charge is -2.13. The number of aromatic nitrogens is 2. The Morgan fingerprint density at radius 1 is 1.25 bits per heavy atom. The summed E-state index contributed by atoms with van der Waals surface area (Å²) in [5.74, 6) is 0.480. The molecule has 3 heteroatoms. The summed E-state index contributed by atoms with van der Waals surface area (Å²) in [6, 6.07) is 8.50. The summed E-state index contributed by atoms with van der Waals surface area (Å²) in [6.45, 7) is 12.8. The van der Waals surface area contributed by atoms with Crippen molar-refractivity contribution in [3.63, 3.8) is 0 Å². The molecule has 0 amide bonds. The third kappa shape index (κ3) is 2.93. The summed E-state index contributed by atoms with van der Waals surface area (Å²) >= 11 is 0. The highest BCUT2D eigenvalue weighted by molar-refractivity contribution is 5.40. The lowest BCUT2D eigenvalue weighted by molar-refractivity contribution is 0.630. The van der Waals surface area contributed by atoms with E-state index in [0.717, 1.165) is 24.5 Å². The molecular formula is C17H25N3. The van der Waals surface area contributed by atoms with E-state index >= 15 is 0 Å². The van der Waals surface area contributed by atoms with Crippen LogP contribution in [0.15, 0.2) is 24.3 Å². The molecule has 1 atom stereocenters. The van der Waals surface area contributed by atoms with Gasteiger partial charge in [0, 0.05) is 17.8 Å². The summed E-state index contributed by atoms with van der Waals surface area (Å²) in [7, 11) is 0. The second-order valence-electron chi connectivity index (χ2n) is 5.54. The average molecular weight is 271 g/mol. The molecule has 3 nitrogen and oxygen atoms in total. The van der Waals surface area contributed by atoms with Crippen molar-refractivity contribution in [2.24, 2.45) is 0 Å². The highest BCUT2D eigenvalue weighted by Crippen LogP contribution is 2.25. The predicted octanol–water partition coefficient (Wildman–Crippen LogP) is 3.51. The van der Waals surface area contributed by atoms with E-state index in [9.17, 15) is 0 Å². The lowest BCUT2D eigenvalue weighted by atomic mass is 9.99. The first kappa shape index (κ1) is 14.8. The largest absolute Gasteiger partial charge is 0.316 e. The highest BCUT2D eigenvalue weighted by atomic mass is 15.3. The topological polar surface area (TPSA) is 29.9 Å². The van der Waals surface area contributed by atoms with E-state index < -0.39 is 0 Å². The molecule has 0 saturated heterocycles. The number of rotatable bonds is 5. The fourth-order valence-electron chi connectivity index (χ4n) is 2.84. The second kappa shape index (κ2) is 6.23. The van der Waals surface area contributed by atoms with Gasteiger partial charge in [0.2, 0.25) is 0 Å². The summed E-state index contributed by atoms with van der Waals surface area (Å²) in [5, 5.41) is 8.16. The van der Waals surface area contributed by atoms with Gasteiger partial charge in [-0.2, -0.15) is 5.10 Å². The zero-order valence-electron chi connectivity index (χ0n) is 13.2. The fourth-order valence-corrected chi connectivity index (χ4v) is 2.84. The van der Waals surface area contributed by atoms with Crippen LogP contribution in [0.25, 0.3) is 5.69 Å². The van der Waals surface area contributed by atoms with Crippen molar-refractivity contribution in [3.05, 3.63) is 46.8 Å². The molecule has 0 aliphatic carbocycles. The zero-order valence-corrected chi connectivity index (χ0v) is 13.2. The molecule has 0 bridgehead atoms. The Hall–Kier alpha value is -1.61. The van der Waals surface area contributed by atoms with Gasteiger partial charge in [-0.25, -0.2) is 4.68 Å². The molecule has 20 heavy (non-hydrogen) atoms. The van der Waals surface area contributed by atoms with E-state index in [2.05, 4.69) is 68.9 Å². The molecule has 0 aliphatic heterocycles. The molecule has 0 spiro atoms. The normalized spacial score (nSPS) is 12.7. The van der Waals surface area contributed by atoms with Gasteiger partial charge in [-0.1, -0.05) is 26.0 Å². The monoisotopic (exact) mass is 271 g/mol. The minimum atomic E-state index is 0.480. The van der Waals surface area contributed by atoms with Crippen LogP contribution in [0.1, 0.15) is 42.3 Å². The van der Waals surface area contributed by atoms with Crippen molar-refractivity contribution in [2.75, 3.05) is 13.1 Å². The summed E-state index contributed by atoms with van der Waals surface area (Å²) in [5.41, 5.74) is 6.16. The van der Waals surface area contributed by atoms with Gasteiger partial charge >= 0.3 is 0 Å². The predicted molar refractivity (Wildman–Crippen MR) is 84.7 cm³/mol. The molecule has 0 fully saturated rings. The average Bonchev–Trinajstić information content (AvgIpc) is 2.71. The van der Waals surface area contributed by atoms with Gasteiger partial charge < -0.3 is 5.32 Å². The molecule has 0 radical (unpaired) electrons. The van der Waals surface area contributed by atoms with Crippen LogP contribution in [-0.2, 0) is 0 Å². The number of benzene rings is 1. The van der Waals surface area contributed by atoms with Crippen LogP contribution in [-0.4, -0.2) is 22.9 Å². The number of aryl methyl sites for hydroxylation is 2. The van der Waals surface area contributed by atoms with Crippen molar-refractivity contribution < 1.29 is 0 Å². The Morgan fingerprint density at radius 3 is 2.65 bits per heavy atom. The van der Waals surface area contributed by atoms with Crippen LogP contribution in [0.4, 0.5) is 0 Å². The van der Waals surface area contributed by atoms with E-state index in [1.165, 1.54) is 16.8 Å². The summed E-state index contributed by atoms with van der Waals surface area (Å²) in [6.07, 6.45) is 0. The van der Waals surface area contributed by atoms with Crippen molar-refractivity contribution in [2.45, 2.75) is 40.5 Å². The first-order valence-electron chi connectivity index (χ1n) is 7.38. The SMILES string of the molecule is CCNCC(C)c1c(C)nn(-c2cccc(C)c2)c1C. The standard InChI is InChI=1S/C17H25N3/c1-6-18-11-13(3)17-14(4)19-20(15(17)5)16-9-7-8-12(2)10-16/h7-10,13,18H,6,11H2,1-5H3. The molecule has 2 rings (SSSR count). The molecule has 1 unspecified atom stereocenters. The molecule has 1 N–H and O–H groups in total. The molecule has 108 valence electrons. The smallest absolute Gasteiger partial charge is 0.0651 e. The van der Waals surface area contributed by atoms with Crippen LogP contribution in [0, 0.1) is 20.8 Å². The van der Waals surface area contributed by atoms with Gasteiger partial charge in [0.1, 0.15) is 0 Å². The van der Waals surface area contributed by atoms with Gasteiger partial charge in [-0.05, 0) is 50.9 Å². The maximum absolute atomic E-state index is 4.74. The van der Waals surface area contributed by atoms with Gasteiger partial charge in [0.05, 0.1) is 11.4 Å². The Bertz CT molecular complexity index is 584. The Kier molecular flexibility index (Phi) is 4.61. The Labute approximate surface area is 122 Å². The molecule has 0 aliphatic rings. The number of nitrogens with zero attached hydrogens (tertiary/aromatic N) is 2. The molecule has 1 aromatic heterocycles. The number of hydrogen-bond donors (Lipinski definition) is 1. The number of likely N-dealkylation sites (N-methyl/N-ethyl adjacent to an activating group) is 1.